The molecule has 6 heteroatoms. The van der Waals surface area contributed by atoms with Crippen molar-refractivity contribution in [2.24, 2.45) is 0 Å². The Balaban J connectivity index is 2.31. The van der Waals surface area contributed by atoms with Crippen LogP contribution in [-0.4, -0.2) is 23.6 Å². The summed E-state index contributed by atoms with van der Waals surface area (Å²) in [6.45, 7) is -0.818. The predicted molar refractivity (Wildman–Crippen MR) is 73.0 cm³/mol. The summed E-state index contributed by atoms with van der Waals surface area (Å²) in [6, 6.07) is 8.14. The van der Waals surface area contributed by atoms with Crippen LogP contribution in [0.25, 0.3) is 11.4 Å². The highest BCUT2D eigenvalue weighted by atomic mass is 19.3. The van der Waals surface area contributed by atoms with E-state index in [-0.39, 0.29) is 5.75 Å². The average Bonchev–Trinajstić information content (AvgIpc) is 2.46. The van der Waals surface area contributed by atoms with Crippen LogP contribution in [0.2, 0.25) is 0 Å². The van der Waals surface area contributed by atoms with Gasteiger partial charge in [0.05, 0.1) is 0 Å². The van der Waals surface area contributed by atoms with Crippen LogP contribution >= 0.6 is 0 Å². The first kappa shape index (κ1) is 14.2. The Hall–Kier alpha value is -2.24. The zero-order valence-corrected chi connectivity index (χ0v) is 11.2. The Morgan fingerprint density at radius 3 is 2.45 bits per heavy atom. The van der Waals surface area contributed by atoms with Gasteiger partial charge in [0.15, 0.2) is 5.82 Å². The van der Waals surface area contributed by atoms with Crippen LogP contribution in [0.4, 0.5) is 14.6 Å². The number of hydrogen-bond donors (Lipinski definition) is 1. The summed E-state index contributed by atoms with van der Waals surface area (Å²) >= 11 is 0. The van der Waals surface area contributed by atoms with Gasteiger partial charge in [0.2, 0.25) is 0 Å². The Morgan fingerprint density at radius 2 is 1.90 bits per heavy atom. The van der Waals surface area contributed by atoms with E-state index in [2.05, 4.69) is 20.0 Å². The summed E-state index contributed by atoms with van der Waals surface area (Å²) in [4.78, 5) is 8.77. The molecule has 20 heavy (non-hydrogen) atoms. The van der Waals surface area contributed by atoms with Crippen molar-refractivity contribution >= 4 is 5.82 Å². The maximum atomic E-state index is 12.1. The lowest BCUT2D eigenvalue weighted by molar-refractivity contribution is -0.0498. The number of hydrogen-bond acceptors (Lipinski definition) is 4. The molecule has 0 saturated carbocycles. The summed E-state index contributed by atoms with van der Waals surface area (Å²) in [5.41, 5.74) is 1.66. The van der Waals surface area contributed by atoms with E-state index in [0.29, 0.717) is 5.82 Å². The van der Waals surface area contributed by atoms with Gasteiger partial charge in [-0.2, -0.15) is 8.78 Å². The third-order valence-electron chi connectivity index (χ3n) is 2.74. The smallest absolute Gasteiger partial charge is 0.387 e. The fourth-order valence-corrected chi connectivity index (χ4v) is 1.72. The van der Waals surface area contributed by atoms with Gasteiger partial charge >= 0.3 is 6.61 Å². The normalized spacial score (nSPS) is 10.7. The van der Waals surface area contributed by atoms with Crippen molar-refractivity contribution in [1.29, 1.82) is 0 Å². The number of aryl methyl sites for hydroxylation is 1. The number of anilines is 1. The first-order chi connectivity index (χ1) is 9.62. The molecule has 0 unspecified atom stereocenters. The third kappa shape index (κ3) is 3.40. The van der Waals surface area contributed by atoms with Crippen LogP contribution in [0.5, 0.6) is 5.75 Å². The summed E-state index contributed by atoms with van der Waals surface area (Å²) in [6.07, 6.45) is 0.788. The topological polar surface area (TPSA) is 47.0 Å². The van der Waals surface area contributed by atoms with Crippen LogP contribution in [0, 0.1) is 0 Å². The molecule has 0 aliphatic heterocycles. The molecular formula is C14H15F2N3O. The number of ether oxygens (including phenoxy) is 1. The molecule has 2 aromatic rings. The summed E-state index contributed by atoms with van der Waals surface area (Å²) in [5, 5.41) is 2.97. The number of aromatic nitrogens is 2. The number of alkyl halides is 2. The van der Waals surface area contributed by atoms with E-state index >= 15 is 0 Å². The molecule has 1 N–H and O–H groups in total. The zero-order valence-electron chi connectivity index (χ0n) is 11.2. The van der Waals surface area contributed by atoms with Crippen molar-refractivity contribution in [1.82, 2.24) is 9.97 Å². The van der Waals surface area contributed by atoms with Gasteiger partial charge in [-0.25, -0.2) is 9.97 Å². The lowest BCUT2D eigenvalue weighted by atomic mass is 10.2. The van der Waals surface area contributed by atoms with E-state index in [9.17, 15) is 8.78 Å². The van der Waals surface area contributed by atoms with E-state index < -0.39 is 6.61 Å². The van der Waals surface area contributed by atoms with Crippen LogP contribution in [0.15, 0.2) is 30.3 Å². The van der Waals surface area contributed by atoms with Crippen LogP contribution < -0.4 is 10.1 Å². The minimum Gasteiger partial charge on any atom is -0.435 e. The van der Waals surface area contributed by atoms with E-state index in [1.807, 2.05) is 13.0 Å². The van der Waals surface area contributed by atoms with Crippen LogP contribution in [0.1, 0.15) is 12.6 Å². The van der Waals surface area contributed by atoms with Crippen molar-refractivity contribution in [3.05, 3.63) is 36.0 Å². The number of nitrogens with one attached hydrogen (secondary N) is 1. The molecule has 0 atom stereocenters. The van der Waals surface area contributed by atoms with E-state index in [0.717, 1.165) is 23.5 Å². The van der Waals surface area contributed by atoms with E-state index in [1.54, 1.807) is 19.2 Å². The summed E-state index contributed by atoms with van der Waals surface area (Å²) < 4.78 is 28.5. The van der Waals surface area contributed by atoms with Gasteiger partial charge in [0.25, 0.3) is 0 Å². The van der Waals surface area contributed by atoms with Gasteiger partial charge in [0.1, 0.15) is 11.6 Å². The standard InChI is InChI=1S/C14H15F2N3O/c1-3-10-8-12(17-2)19-13(18-10)9-4-6-11(7-5-9)20-14(15)16/h4-8,14H,3H2,1-2H3,(H,17,18,19). The first-order valence-electron chi connectivity index (χ1n) is 6.23. The Morgan fingerprint density at radius 1 is 1.20 bits per heavy atom. The molecule has 1 aromatic carbocycles. The highest BCUT2D eigenvalue weighted by Gasteiger charge is 2.08. The third-order valence-corrected chi connectivity index (χ3v) is 2.74. The molecule has 0 aliphatic carbocycles. The van der Waals surface area contributed by atoms with Gasteiger partial charge in [-0.3, -0.25) is 0 Å². The molecule has 0 fully saturated rings. The largest absolute Gasteiger partial charge is 0.435 e. The maximum Gasteiger partial charge on any atom is 0.387 e. The number of nitrogens with zero attached hydrogens (tertiary/aromatic N) is 2. The highest BCUT2D eigenvalue weighted by molar-refractivity contribution is 5.58. The molecule has 1 heterocycles. The molecule has 4 nitrogen and oxygen atoms in total. The fraction of sp³-hybridized carbons (Fsp3) is 0.286. The molecule has 0 bridgehead atoms. The monoisotopic (exact) mass is 279 g/mol. The van der Waals surface area contributed by atoms with Gasteiger partial charge in [-0.15, -0.1) is 0 Å². The van der Waals surface area contributed by atoms with Gasteiger partial charge in [-0.05, 0) is 30.7 Å². The number of benzene rings is 1. The molecular weight excluding hydrogens is 264 g/mol. The van der Waals surface area contributed by atoms with E-state index in [4.69, 9.17) is 0 Å². The predicted octanol–water partition coefficient (Wildman–Crippen LogP) is 3.35. The lowest BCUT2D eigenvalue weighted by Crippen LogP contribution is -2.02. The van der Waals surface area contributed by atoms with Gasteiger partial charge in [-0.1, -0.05) is 6.92 Å². The highest BCUT2D eigenvalue weighted by Crippen LogP contribution is 2.22. The quantitative estimate of drug-likeness (QED) is 0.911. The Kier molecular flexibility index (Phi) is 4.45. The minimum atomic E-state index is -2.82. The van der Waals surface area contributed by atoms with Crippen molar-refractivity contribution < 1.29 is 13.5 Å². The second kappa shape index (κ2) is 6.27. The molecule has 0 radical (unpaired) electrons. The van der Waals surface area contributed by atoms with Crippen molar-refractivity contribution in [2.75, 3.05) is 12.4 Å². The number of halogens is 2. The van der Waals surface area contributed by atoms with Crippen LogP contribution in [-0.2, 0) is 6.42 Å². The van der Waals surface area contributed by atoms with Crippen molar-refractivity contribution in [3.63, 3.8) is 0 Å². The molecule has 0 saturated heterocycles. The van der Waals surface area contributed by atoms with Crippen molar-refractivity contribution in [2.45, 2.75) is 20.0 Å². The number of rotatable bonds is 5. The van der Waals surface area contributed by atoms with Gasteiger partial charge < -0.3 is 10.1 Å². The van der Waals surface area contributed by atoms with Crippen LogP contribution in [0.3, 0.4) is 0 Å². The maximum absolute atomic E-state index is 12.1. The molecule has 1 aromatic heterocycles. The second-order valence-electron chi connectivity index (χ2n) is 4.07. The lowest BCUT2D eigenvalue weighted by Gasteiger charge is -2.08. The average molecular weight is 279 g/mol. The Labute approximate surface area is 115 Å². The molecule has 106 valence electrons. The zero-order chi connectivity index (χ0) is 14.5. The molecule has 0 aliphatic rings. The summed E-state index contributed by atoms with van der Waals surface area (Å²) in [7, 11) is 1.78. The minimum absolute atomic E-state index is 0.115. The second-order valence-corrected chi connectivity index (χ2v) is 4.07. The fourth-order valence-electron chi connectivity index (χ4n) is 1.72. The molecule has 0 spiro atoms. The summed E-state index contributed by atoms with van der Waals surface area (Å²) in [5.74, 6) is 1.39. The van der Waals surface area contributed by atoms with Gasteiger partial charge in [0, 0.05) is 24.4 Å². The molecule has 0 amide bonds. The SMILES string of the molecule is CCc1cc(NC)nc(-c2ccc(OC(F)F)cc2)n1. The first-order valence-corrected chi connectivity index (χ1v) is 6.23. The van der Waals surface area contributed by atoms with E-state index in [1.165, 1.54) is 12.1 Å². The Bertz CT molecular complexity index is 551. The molecule has 2 rings (SSSR count). The van der Waals surface area contributed by atoms with Crippen molar-refractivity contribution in [3.8, 4) is 17.1 Å².